The number of nitrogens with zero attached hydrogens (tertiary/aromatic N) is 2. The number of likely N-dealkylation sites (N-methyl/N-ethyl adjacent to an activating group) is 1. The van der Waals surface area contributed by atoms with Crippen LogP contribution in [0.2, 0.25) is 5.02 Å². The minimum absolute atomic E-state index is 0.0350. The van der Waals surface area contributed by atoms with Crippen molar-refractivity contribution in [3.63, 3.8) is 0 Å². The van der Waals surface area contributed by atoms with E-state index in [-0.39, 0.29) is 6.04 Å². The predicted molar refractivity (Wildman–Crippen MR) is 85.5 cm³/mol. The van der Waals surface area contributed by atoms with Crippen molar-refractivity contribution in [2.24, 2.45) is 5.73 Å². The van der Waals surface area contributed by atoms with Crippen LogP contribution in [-0.2, 0) is 0 Å². The molecule has 20 heavy (non-hydrogen) atoms. The number of hydrogen-bond donors (Lipinski definition) is 1. The molecule has 0 radical (unpaired) electrons. The monoisotopic (exact) mass is 293 g/mol. The zero-order chi connectivity index (χ0) is 14.3. The maximum atomic E-state index is 6.49. The van der Waals surface area contributed by atoms with Crippen molar-refractivity contribution in [3.8, 4) is 0 Å². The Morgan fingerprint density at radius 1 is 1.25 bits per heavy atom. The molecular formula is C16H24ClN3. The van der Waals surface area contributed by atoms with Gasteiger partial charge in [-0.1, -0.05) is 17.7 Å². The van der Waals surface area contributed by atoms with E-state index < -0.39 is 0 Å². The molecule has 2 heterocycles. The summed E-state index contributed by atoms with van der Waals surface area (Å²) >= 11 is 6.49. The van der Waals surface area contributed by atoms with Gasteiger partial charge in [-0.3, -0.25) is 4.90 Å². The van der Waals surface area contributed by atoms with Gasteiger partial charge in [0.15, 0.2) is 0 Å². The fraction of sp³-hybridized carbons (Fsp3) is 0.625. The number of anilines is 1. The van der Waals surface area contributed by atoms with E-state index in [1.165, 1.54) is 19.3 Å². The van der Waals surface area contributed by atoms with Gasteiger partial charge in [0.1, 0.15) is 0 Å². The van der Waals surface area contributed by atoms with Crippen molar-refractivity contribution >= 4 is 17.3 Å². The van der Waals surface area contributed by atoms with Crippen LogP contribution in [0.5, 0.6) is 0 Å². The first-order chi connectivity index (χ1) is 9.56. The van der Waals surface area contributed by atoms with Crippen LogP contribution in [0.25, 0.3) is 0 Å². The van der Waals surface area contributed by atoms with Crippen molar-refractivity contribution in [2.75, 3.05) is 25.0 Å². The molecule has 3 rings (SSSR count). The van der Waals surface area contributed by atoms with E-state index in [0.717, 1.165) is 35.4 Å². The summed E-state index contributed by atoms with van der Waals surface area (Å²) in [5, 5.41) is 0.834. The van der Waals surface area contributed by atoms with Gasteiger partial charge in [0.2, 0.25) is 0 Å². The highest BCUT2D eigenvalue weighted by atomic mass is 35.5. The van der Waals surface area contributed by atoms with Gasteiger partial charge in [0.05, 0.1) is 10.7 Å². The fourth-order valence-corrected chi connectivity index (χ4v) is 3.90. The van der Waals surface area contributed by atoms with Crippen LogP contribution in [0.4, 0.5) is 5.69 Å². The minimum atomic E-state index is 0.0350. The molecule has 1 aromatic rings. The minimum Gasteiger partial charge on any atom is -0.369 e. The summed E-state index contributed by atoms with van der Waals surface area (Å²) in [5.41, 5.74) is 8.19. The zero-order valence-electron chi connectivity index (χ0n) is 12.3. The molecule has 2 saturated heterocycles. The largest absolute Gasteiger partial charge is 0.369 e. The van der Waals surface area contributed by atoms with Crippen LogP contribution in [0.3, 0.4) is 0 Å². The molecule has 110 valence electrons. The lowest BCUT2D eigenvalue weighted by molar-refractivity contribution is 0.254. The van der Waals surface area contributed by atoms with Crippen LogP contribution >= 0.6 is 11.6 Å². The molecule has 0 aromatic heterocycles. The average molecular weight is 294 g/mol. The quantitative estimate of drug-likeness (QED) is 0.910. The van der Waals surface area contributed by atoms with E-state index in [2.05, 4.69) is 29.0 Å². The highest BCUT2D eigenvalue weighted by molar-refractivity contribution is 6.33. The lowest BCUT2D eigenvalue weighted by atomic mass is 10.1. The van der Waals surface area contributed by atoms with Gasteiger partial charge in [-0.2, -0.15) is 0 Å². The zero-order valence-corrected chi connectivity index (χ0v) is 13.1. The van der Waals surface area contributed by atoms with E-state index in [0.29, 0.717) is 6.04 Å². The van der Waals surface area contributed by atoms with Crippen molar-refractivity contribution in [3.05, 3.63) is 28.8 Å². The molecular weight excluding hydrogens is 270 g/mol. The topological polar surface area (TPSA) is 32.5 Å². The summed E-state index contributed by atoms with van der Waals surface area (Å²) < 4.78 is 0. The number of fused-ring (bicyclic) bond motifs is 2. The maximum absolute atomic E-state index is 6.49. The van der Waals surface area contributed by atoms with Crippen LogP contribution in [0.15, 0.2) is 18.2 Å². The molecule has 0 saturated carbocycles. The van der Waals surface area contributed by atoms with Gasteiger partial charge in [-0.05, 0) is 50.9 Å². The summed E-state index contributed by atoms with van der Waals surface area (Å²) in [6.07, 6.45) is 3.90. The Labute approximate surface area is 126 Å². The van der Waals surface area contributed by atoms with E-state index in [1.54, 1.807) is 0 Å². The third kappa shape index (κ3) is 2.54. The molecule has 2 bridgehead atoms. The summed E-state index contributed by atoms with van der Waals surface area (Å²) in [4.78, 5) is 5.01. The first-order valence-corrected chi connectivity index (χ1v) is 7.96. The predicted octanol–water partition coefficient (Wildman–Crippen LogP) is 3.03. The molecule has 2 aliphatic heterocycles. The second-order valence-corrected chi connectivity index (χ2v) is 6.69. The Hall–Kier alpha value is -0.770. The number of benzene rings is 1. The Morgan fingerprint density at radius 3 is 2.70 bits per heavy atom. The second-order valence-electron chi connectivity index (χ2n) is 6.28. The third-order valence-corrected chi connectivity index (χ3v) is 5.29. The van der Waals surface area contributed by atoms with Crippen molar-refractivity contribution in [1.29, 1.82) is 0 Å². The molecule has 0 amide bonds. The average Bonchev–Trinajstić information content (AvgIpc) is 2.64. The molecule has 2 fully saturated rings. The molecule has 2 aliphatic rings. The molecule has 0 spiro atoms. The number of nitrogens with two attached hydrogens (primary N) is 1. The van der Waals surface area contributed by atoms with E-state index in [4.69, 9.17) is 17.3 Å². The van der Waals surface area contributed by atoms with E-state index in [9.17, 15) is 0 Å². The molecule has 0 aliphatic carbocycles. The van der Waals surface area contributed by atoms with Gasteiger partial charge in [-0.15, -0.1) is 0 Å². The van der Waals surface area contributed by atoms with Gasteiger partial charge in [-0.25, -0.2) is 0 Å². The fourth-order valence-electron chi connectivity index (χ4n) is 3.59. The van der Waals surface area contributed by atoms with E-state index >= 15 is 0 Å². The summed E-state index contributed by atoms with van der Waals surface area (Å²) in [6, 6.07) is 7.74. The van der Waals surface area contributed by atoms with Gasteiger partial charge < -0.3 is 10.6 Å². The van der Waals surface area contributed by atoms with Crippen LogP contribution < -0.4 is 10.6 Å². The van der Waals surface area contributed by atoms with Gasteiger partial charge in [0.25, 0.3) is 0 Å². The van der Waals surface area contributed by atoms with Crippen molar-refractivity contribution in [1.82, 2.24) is 4.90 Å². The lowest BCUT2D eigenvalue weighted by Crippen LogP contribution is -2.36. The molecule has 2 N–H and O–H groups in total. The highest BCUT2D eigenvalue weighted by Crippen LogP contribution is 2.34. The third-order valence-electron chi connectivity index (χ3n) is 4.99. The first-order valence-electron chi connectivity index (χ1n) is 7.58. The Morgan fingerprint density at radius 2 is 2.00 bits per heavy atom. The second kappa shape index (κ2) is 5.55. The summed E-state index contributed by atoms with van der Waals surface area (Å²) in [6.45, 7) is 4.18. The first kappa shape index (κ1) is 14.2. The number of rotatable bonds is 2. The Balaban J connectivity index is 1.82. The van der Waals surface area contributed by atoms with Crippen LogP contribution in [-0.4, -0.2) is 37.1 Å². The molecule has 4 heteroatoms. The summed E-state index contributed by atoms with van der Waals surface area (Å²) in [7, 11) is 2.27. The van der Waals surface area contributed by atoms with Crippen LogP contribution in [0.1, 0.15) is 37.8 Å². The lowest BCUT2D eigenvalue weighted by Gasteiger charge is -2.28. The van der Waals surface area contributed by atoms with Gasteiger partial charge in [0, 0.05) is 31.2 Å². The van der Waals surface area contributed by atoms with Crippen molar-refractivity contribution < 1.29 is 0 Å². The molecule has 2 unspecified atom stereocenters. The smallest absolute Gasteiger partial charge is 0.0642 e. The molecule has 1 aromatic carbocycles. The Kier molecular flexibility index (Phi) is 3.93. The number of halogens is 1. The SMILES string of the molecule is C[C@H](N)c1ccc(N2CCC3CCC(C2)N3C)c(Cl)c1. The number of hydrogen-bond acceptors (Lipinski definition) is 3. The van der Waals surface area contributed by atoms with Gasteiger partial charge >= 0.3 is 0 Å². The molecule has 3 nitrogen and oxygen atoms in total. The van der Waals surface area contributed by atoms with Crippen molar-refractivity contribution in [2.45, 2.75) is 44.3 Å². The van der Waals surface area contributed by atoms with Crippen LogP contribution in [0, 0.1) is 0 Å². The molecule has 3 atom stereocenters. The van der Waals surface area contributed by atoms with E-state index in [1.807, 2.05) is 13.0 Å². The maximum Gasteiger partial charge on any atom is 0.0642 e. The highest BCUT2D eigenvalue weighted by Gasteiger charge is 2.35. The Bertz CT molecular complexity index is 489. The normalized spacial score (nSPS) is 28.5. The standard InChI is InChI=1S/C16H24ClN3/c1-11(18)12-3-6-16(15(17)9-12)20-8-7-13-4-5-14(10-20)19(13)2/h3,6,9,11,13-14H,4-5,7-8,10,18H2,1-2H3/t11-,13?,14?/m0/s1. The summed E-state index contributed by atoms with van der Waals surface area (Å²) in [5.74, 6) is 0.